The minimum atomic E-state index is -3.83. The Kier molecular flexibility index (Phi) is 2.91. The maximum Gasteiger partial charge on any atom is 0.241 e. The number of primary sulfonamides is 1. The third-order valence-corrected chi connectivity index (χ3v) is 3.21. The van der Waals surface area contributed by atoms with E-state index in [0.29, 0.717) is 11.3 Å². The summed E-state index contributed by atoms with van der Waals surface area (Å²) < 4.78 is 32.9. The molecule has 0 spiro atoms. The number of hydrogen-bond acceptors (Lipinski definition) is 4. The molecular weight excluding hydrogens is 242 g/mol. The lowest BCUT2D eigenvalue weighted by atomic mass is 10.2. The molecule has 0 bridgehead atoms. The summed E-state index contributed by atoms with van der Waals surface area (Å²) in [5.74, 6) is 0.778. The van der Waals surface area contributed by atoms with Crippen molar-refractivity contribution in [2.24, 2.45) is 5.14 Å². The number of methoxy groups -OCH3 is 1. The lowest BCUT2D eigenvalue weighted by molar-refractivity contribution is 0.403. The van der Waals surface area contributed by atoms with Crippen LogP contribution >= 0.6 is 0 Å². The van der Waals surface area contributed by atoms with E-state index in [2.05, 4.69) is 0 Å². The predicted octanol–water partition coefficient (Wildman–Crippen LogP) is 1.60. The molecule has 5 nitrogen and oxygen atoms in total. The molecule has 0 fully saturated rings. The fourth-order valence-electron chi connectivity index (χ4n) is 1.50. The van der Waals surface area contributed by atoms with E-state index in [-0.39, 0.29) is 10.6 Å². The molecule has 2 rings (SSSR count). The Morgan fingerprint density at radius 1 is 1.29 bits per heavy atom. The lowest BCUT2D eigenvalue weighted by Gasteiger charge is -2.07. The quantitative estimate of drug-likeness (QED) is 0.900. The van der Waals surface area contributed by atoms with E-state index in [4.69, 9.17) is 14.3 Å². The number of ether oxygens (including phenoxy) is 1. The normalized spacial score (nSPS) is 11.4. The van der Waals surface area contributed by atoms with Crippen LogP contribution in [0.4, 0.5) is 0 Å². The standard InChI is InChI=1S/C11H11NO4S/c1-15-10-5-4-8(9-3-2-6-16-9)7-11(10)17(12,13)14/h2-7H,1H3,(H2,12,13,14). The Bertz CT molecular complexity index is 617. The van der Waals surface area contributed by atoms with Crippen LogP contribution < -0.4 is 9.88 Å². The fourth-order valence-corrected chi connectivity index (χ4v) is 2.22. The van der Waals surface area contributed by atoms with Crippen molar-refractivity contribution in [2.45, 2.75) is 4.90 Å². The summed E-state index contributed by atoms with van der Waals surface area (Å²) in [6.45, 7) is 0. The average molecular weight is 253 g/mol. The molecule has 6 heteroatoms. The molecule has 0 saturated heterocycles. The van der Waals surface area contributed by atoms with E-state index in [1.54, 1.807) is 18.2 Å². The monoisotopic (exact) mass is 253 g/mol. The summed E-state index contributed by atoms with van der Waals surface area (Å²) in [5, 5.41) is 5.12. The first-order valence-corrected chi connectivity index (χ1v) is 6.32. The van der Waals surface area contributed by atoms with Crippen LogP contribution in [0.2, 0.25) is 0 Å². The van der Waals surface area contributed by atoms with Crippen molar-refractivity contribution in [3.8, 4) is 17.1 Å². The van der Waals surface area contributed by atoms with Crippen LogP contribution in [-0.4, -0.2) is 15.5 Å². The van der Waals surface area contributed by atoms with Crippen molar-refractivity contribution < 1.29 is 17.6 Å². The van der Waals surface area contributed by atoms with Gasteiger partial charge in [-0.05, 0) is 30.3 Å². The molecule has 17 heavy (non-hydrogen) atoms. The Labute approximate surface area is 98.9 Å². The molecule has 0 unspecified atom stereocenters. The zero-order valence-corrected chi connectivity index (χ0v) is 9.90. The number of hydrogen-bond donors (Lipinski definition) is 1. The van der Waals surface area contributed by atoms with Gasteiger partial charge in [-0.2, -0.15) is 0 Å². The van der Waals surface area contributed by atoms with Crippen LogP contribution in [0.5, 0.6) is 5.75 Å². The summed E-state index contributed by atoms with van der Waals surface area (Å²) >= 11 is 0. The van der Waals surface area contributed by atoms with Gasteiger partial charge in [0.15, 0.2) is 0 Å². The molecule has 1 heterocycles. The first-order chi connectivity index (χ1) is 8.02. The third-order valence-electron chi connectivity index (χ3n) is 2.28. The van der Waals surface area contributed by atoms with E-state index in [1.165, 1.54) is 25.5 Å². The molecular formula is C11H11NO4S. The minimum absolute atomic E-state index is 0.0612. The first kappa shape index (κ1) is 11.7. The van der Waals surface area contributed by atoms with Crippen molar-refractivity contribution in [1.29, 1.82) is 0 Å². The molecule has 0 radical (unpaired) electrons. The molecule has 0 aliphatic rings. The van der Waals surface area contributed by atoms with Gasteiger partial charge in [-0.1, -0.05) is 0 Å². The van der Waals surface area contributed by atoms with E-state index < -0.39 is 10.0 Å². The van der Waals surface area contributed by atoms with Crippen LogP contribution in [0.3, 0.4) is 0 Å². The van der Waals surface area contributed by atoms with Gasteiger partial charge in [-0.25, -0.2) is 13.6 Å². The summed E-state index contributed by atoms with van der Waals surface area (Å²) in [7, 11) is -2.44. The smallest absolute Gasteiger partial charge is 0.241 e. The van der Waals surface area contributed by atoms with Crippen LogP contribution in [0.15, 0.2) is 45.9 Å². The van der Waals surface area contributed by atoms with Gasteiger partial charge in [0.1, 0.15) is 16.4 Å². The predicted molar refractivity (Wildman–Crippen MR) is 62.1 cm³/mol. The Morgan fingerprint density at radius 2 is 2.06 bits per heavy atom. The van der Waals surface area contributed by atoms with Gasteiger partial charge >= 0.3 is 0 Å². The number of benzene rings is 1. The fraction of sp³-hybridized carbons (Fsp3) is 0.0909. The Morgan fingerprint density at radius 3 is 2.59 bits per heavy atom. The molecule has 0 aliphatic heterocycles. The van der Waals surface area contributed by atoms with Gasteiger partial charge in [0, 0.05) is 5.56 Å². The van der Waals surface area contributed by atoms with Gasteiger partial charge in [-0.15, -0.1) is 0 Å². The minimum Gasteiger partial charge on any atom is -0.495 e. The third kappa shape index (κ3) is 2.32. The van der Waals surface area contributed by atoms with Crippen LogP contribution in [-0.2, 0) is 10.0 Å². The zero-order chi connectivity index (χ0) is 12.5. The Balaban J connectivity index is 2.61. The highest BCUT2D eigenvalue weighted by molar-refractivity contribution is 7.89. The molecule has 0 amide bonds. The van der Waals surface area contributed by atoms with Gasteiger partial charge in [0.25, 0.3) is 0 Å². The summed E-state index contributed by atoms with van der Waals surface area (Å²) in [6, 6.07) is 8.11. The highest BCUT2D eigenvalue weighted by Crippen LogP contribution is 2.29. The number of rotatable bonds is 3. The van der Waals surface area contributed by atoms with Crippen molar-refractivity contribution in [3.05, 3.63) is 36.6 Å². The number of furan rings is 1. The summed E-state index contributed by atoms with van der Waals surface area (Å²) in [5.41, 5.74) is 0.625. The molecule has 1 aromatic carbocycles. The van der Waals surface area contributed by atoms with E-state index >= 15 is 0 Å². The second kappa shape index (κ2) is 4.23. The van der Waals surface area contributed by atoms with Gasteiger partial charge in [0.05, 0.1) is 13.4 Å². The average Bonchev–Trinajstić information content (AvgIpc) is 2.80. The SMILES string of the molecule is COc1ccc(-c2ccco2)cc1S(N)(=O)=O. The second-order valence-electron chi connectivity index (χ2n) is 3.39. The van der Waals surface area contributed by atoms with Crippen LogP contribution in [0.25, 0.3) is 11.3 Å². The van der Waals surface area contributed by atoms with E-state index in [9.17, 15) is 8.42 Å². The largest absolute Gasteiger partial charge is 0.495 e. The van der Waals surface area contributed by atoms with Crippen LogP contribution in [0.1, 0.15) is 0 Å². The van der Waals surface area contributed by atoms with E-state index in [1.807, 2.05) is 0 Å². The highest BCUT2D eigenvalue weighted by Gasteiger charge is 2.16. The molecule has 2 aromatic rings. The molecule has 90 valence electrons. The van der Waals surface area contributed by atoms with Gasteiger partial charge in [0.2, 0.25) is 10.0 Å². The van der Waals surface area contributed by atoms with Crippen molar-refractivity contribution in [1.82, 2.24) is 0 Å². The van der Waals surface area contributed by atoms with Crippen molar-refractivity contribution in [3.63, 3.8) is 0 Å². The first-order valence-electron chi connectivity index (χ1n) is 4.77. The van der Waals surface area contributed by atoms with Crippen molar-refractivity contribution >= 4 is 10.0 Å². The Hall–Kier alpha value is -1.79. The topological polar surface area (TPSA) is 82.5 Å². The maximum absolute atomic E-state index is 11.4. The van der Waals surface area contributed by atoms with Gasteiger partial charge < -0.3 is 9.15 Å². The molecule has 0 aliphatic carbocycles. The summed E-state index contributed by atoms with van der Waals surface area (Å²) in [6.07, 6.45) is 1.51. The van der Waals surface area contributed by atoms with E-state index in [0.717, 1.165) is 0 Å². The van der Waals surface area contributed by atoms with Crippen molar-refractivity contribution in [2.75, 3.05) is 7.11 Å². The molecule has 0 atom stereocenters. The molecule has 2 N–H and O–H groups in total. The van der Waals surface area contributed by atoms with Crippen LogP contribution in [0, 0.1) is 0 Å². The number of nitrogens with two attached hydrogens (primary N) is 1. The molecule has 1 aromatic heterocycles. The summed E-state index contributed by atoms with van der Waals surface area (Å²) in [4.78, 5) is -0.0612. The lowest BCUT2D eigenvalue weighted by Crippen LogP contribution is -2.13. The highest BCUT2D eigenvalue weighted by atomic mass is 32.2. The zero-order valence-electron chi connectivity index (χ0n) is 9.08. The molecule has 0 saturated carbocycles. The van der Waals surface area contributed by atoms with Gasteiger partial charge in [-0.3, -0.25) is 0 Å². The second-order valence-corrected chi connectivity index (χ2v) is 4.92. The maximum atomic E-state index is 11.4. The number of sulfonamides is 1.